The van der Waals surface area contributed by atoms with Crippen molar-refractivity contribution in [3.63, 3.8) is 0 Å². The lowest BCUT2D eigenvalue weighted by atomic mass is 9.92. The molecule has 0 bridgehead atoms. The molecule has 3 rings (SSSR count). The van der Waals surface area contributed by atoms with E-state index in [2.05, 4.69) is 29.2 Å². The van der Waals surface area contributed by atoms with Gasteiger partial charge in [-0.05, 0) is 42.7 Å². The third kappa shape index (κ3) is 1.52. The van der Waals surface area contributed by atoms with Crippen LogP contribution in [0.25, 0.3) is 0 Å². The topological polar surface area (TPSA) is 12.9 Å². The van der Waals surface area contributed by atoms with E-state index in [1.165, 1.54) is 24.1 Å². The Kier molecular flexibility index (Phi) is 2.22. The summed E-state index contributed by atoms with van der Waals surface area (Å²) in [5.41, 5.74) is 2.67. The molecule has 1 saturated carbocycles. The maximum Gasteiger partial charge on any atom is 0.0509 e. The summed E-state index contributed by atoms with van der Waals surface area (Å²) in [6, 6.07) is 14.3. The van der Waals surface area contributed by atoms with Gasteiger partial charge in [-0.25, -0.2) is 0 Å². The predicted molar refractivity (Wildman–Crippen MR) is 65.7 cm³/mol. The van der Waals surface area contributed by atoms with E-state index in [9.17, 15) is 0 Å². The van der Waals surface area contributed by atoms with E-state index in [4.69, 9.17) is 11.6 Å². The van der Waals surface area contributed by atoms with Crippen molar-refractivity contribution in [2.75, 3.05) is 0 Å². The third-order valence-electron chi connectivity index (χ3n) is 3.30. The quantitative estimate of drug-likeness (QED) is 0.763. The lowest BCUT2D eigenvalue weighted by molar-refractivity contribution is 0.803. The maximum atomic E-state index is 5.91. The van der Waals surface area contributed by atoms with Crippen LogP contribution in [0.15, 0.2) is 48.7 Å². The molecule has 0 N–H and O–H groups in total. The third-order valence-corrected chi connectivity index (χ3v) is 3.55. The molecule has 1 aromatic heterocycles. The molecule has 1 aliphatic carbocycles. The Morgan fingerprint density at radius 2 is 1.75 bits per heavy atom. The van der Waals surface area contributed by atoms with Gasteiger partial charge in [0, 0.05) is 16.6 Å². The molecule has 1 fully saturated rings. The summed E-state index contributed by atoms with van der Waals surface area (Å²) >= 11 is 5.91. The van der Waals surface area contributed by atoms with Gasteiger partial charge in [0.25, 0.3) is 0 Å². The van der Waals surface area contributed by atoms with E-state index in [0.29, 0.717) is 0 Å². The highest BCUT2D eigenvalue weighted by Crippen LogP contribution is 2.52. The molecule has 2 aromatic rings. The highest BCUT2D eigenvalue weighted by atomic mass is 35.5. The molecule has 80 valence electrons. The van der Waals surface area contributed by atoms with Crippen molar-refractivity contribution in [1.29, 1.82) is 0 Å². The van der Waals surface area contributed by atoms with Crippen molar-refractivity contribution in [3.8, 4) is 0 Å². The molecule has 1 aromatic carbocycles. The molecule has 1 heterocycles. The van der Waals surface area contributed by atoms with Crippen LogP contribution in [0, 0.1) is 0 Å². The number of benzene rings is 1. The number of hydrogen-bond acceptors (Lipinski definition) is 1. The first-order chi connectivity index (χ1) is 7.81. The van der Waals surface area contributed by atoms with Crippen molar-refractivity contribution >= 4 is 11.6 Å². The summed E-state index contributed by atoms with van der Waals surface area (Å²) in [7, 11) is 0. The SMILES string of the molecule is Clc1ccc(C2(c3ccccn3)CC2)cc1. The maximum absolute atomic E-state index is 5.91. The second kappa shape index (κ2) is 3.60. The van der Waals surface area contributed by atoms with E-state index in [0.717, 1.165) is 5.02 Å². The number of halogens is 1. The fourth-order valence-corrected chi connectivity index (χ4v) is 2.36. The highest BCUT2D eigenvalue weighted by molar-refractivity contribution is 6.30. The zero-order valence-electron chi connectivity index (χ0n) is 8.86. The largest absolute Gasteiger partial charge is 0.260 e. The summed E-state index contributed by atoms with van der Waals surface area (Å²) in [4.78, 5) is 4.48. The second-order valence-electron chi connectivity index (χ2n) is 4.30. The van der Waals surface area contributed by atoms with Crippen molar-refractivity contribution in [2.24, 2.45) is 0 Å². The number of rotatable bonds is 2. The molecule has 1 aliphatic rings. The summed E-state index contributed by atoms with van der Waals surface area (Å²) in [6.45, 7) is 0. The minimum absolute atomic E-state index is 0.159. The van der Waals surface area contributed by atoms with Crippen LogP contribution in [0.4, 0.5) is 0 Å². The smallest absolute Gasteiger partial charge is 0.0509 e. The van der Waals surface area contributed by atoms with Crippen LogP contribution in [-0.4, -0.2) is 4.98 Å². The molecular weight excluding hydrogens is 218 g/mol. The first kappa shape index (κ1) is 9.86. The molecule has 0 spiro atoms. The molecular formula is C14H12ClN. The zero-order valence-corrected chi connectivity index (χ0v) is 9.61. The van der Waals surface area contributed by atoms with Gasteiger partial charge in [0.1, 0.15) is 0 Å². The van der Waals surface area contributed by atoms with Gasteiger partial charge in [0.15, 0.2) is 0 Å². The van der Waals surface area contributed by atoms with Crippen molar-refractivity contribution in [3.05, 3.63) is 64.9 Å². The van der Waals surface area contributed by atoms with Gasteiger partial charge in [0.2, 0.25) is 0 Å². The van der Waals surface area contributed by atoms with E-state index >= 15 is 0 Å². The summed E-state index contributed by atoms with van der Waals surface area (Å²) in [5.74, 6) is 0. The van der Waals surface area contributed by atoms with Crippen LogP contribution in [0.3, 0.4) is 0 Å². The fourth-order valence-electron chi connectivity index (χ4n) is 2.23. The van der Waals surface area contributed by atoms with Crippen molar-refractivity contribution in [1.82, 2.24) is 4.98 Å². The molecule has 0 radical (unpaired) electrons. The Morgan fingerprint density at radius 1 is 1.00 bits per heavy atom. The second-order valence-corrected chi connectivity index (χ2v) is 4.74. The van der Waals surface area contributed by atoms with E-state index in [1.807, 2.05) is 24.4 Å². The van der Waals surface area contributed by atoms with E-state index < -0.39 is 0 Å². The molecule has 1 nitrogen and oxygen atoms in total. The summed E-state index contributed by atoms with van der Waals surface area (Å²) in [6.07, 6.45) is 4.24. The summed E-state index contributed by atoms with van der Waals surface area (Å²) in [5, 5.41) is 0.792. The highest BCUT2D eigenvalue weighted by Gasteiger charge is 2.46. The van der Waals surface area contributed by atoms with Gasteiger partial charge in [-0.3, -0.25) is 4.98 Å². The molecule has 0 saturated heterocycles. The van der Waals surface area contributed by atoms with E-state index in [1.54, 1.807) is 0 Å². The number of aromatic nitrogens is 1. The Labute approximate surface area is 100 Å². The monoisotopic (exact) mass is 229 g/mol. The first-order valence-electron chi connectivity index (χ1n) is 5.49. The Balaban J connectivity index is 2.03. The molecule has 0 aliphatic heterocycles. The average molecular weight is 230 g/mol. The van der Waals surface area contributed by atoms with Gasteiger partial charge in [-0.2, -0.15) is 0 Å². The minimum atomic E-state index is 0.159. The van der Waals surface area contributed by atoms with E-state index in [-0.39, 0.29) is 5.41 Å². The molecule has 16 heavy (non-hydrogen) atoms. The van der Waals surface area contributed by atoms with Crippen LogP contribution >= 0.6 is 11.6 Å². The Morgan fingerprint density at radius 3 is 2.31 bits per heavy atom. The zero-order chi connectivity index (χ0) is 11.0. The van der Waals surface area contributed by atoms with Gasteiger partial charge in [-0.1, -0.05) is 29.8 Å². The summed E-state index contributed by atoms with van der Waals surface area (Å²) < 4.78 is 0. The van der Waals surface area contributed by atoms with Crippen LogP contribution < -0.4 is 0 Å². The van der Waals surface area contributed by atoms with Gasteiger partial charge in [-0.15, -0.1) is 0 Å². The van der Waals surface area contributed by atoms with Gasteiger partial charge in [0.05, 0.1) is 5.69 Å². The van der Waals surface area contributed by atoms with Crippen LogP contribution in [-0.2, 0) is 5.41 Å². The average Bonchev–Trinajstić information content (AvgIpc) is 3.13. The van der Waals surface area contributed by atoms with Gasteiger partial charge < -0.3 is 0 Å². The molecule has 0 unspecified atom stereocenters. The van der Waals surface area contributed by atoms with Crippen molar-refractivity contribution < 1.29 is 0 Å². The lowest BCUT2D eigenvalue weighted by Crippen LogP contribution is -2.10. The van der Waals surface area contributed by atoms with Gasteiger partial charge >= 0.3 is 0 Å². The Bertz CT molecular complexity index is 486. The molecule has 0 atom stereocenters. The normalized spacial score (nSPS) is 17.1. The lowest BCUT2D eigenvalue weighted by Gasteiger charge is -2.14. The van der Waals surface area contributed by atoms with Crippen LogP contribution in [0.1, 0.15) is 24.1 Å². The number of hydrogen-bond donors (Lipinski definition) is 0. The number of nitrogens with zero attached hydrogens (tertiary/aromatic N) is 1. The van der Waals surface area contributed by atoms with Crippen molar-refractivity contribution in [2.45, 2.75) is 18.3 Å². The van der Waals surface area contributed by atoms with Crippen LogP contribution in [0.2, 0.25) is 5.02 Å². The molecule has 2 heteroatoms. The Hall–Kier alpha value is -1.34. The van der Waals surface area contributed by atoms with Crippen LogP contribution in [0.5, 0.6) is 0 Å². The standard InChI is InChI=1S/C14H12ClN/c15-12-6-4-11(5-7-12)14(8-9-14)13-3-1-2-10-16-13/h1-7,10H,8-9H2. The predicted octanol–water partition coefficient (Wildman–Crippen LogP) is 3.81. The fraction of sp³-hybridized carbons (Fsp3) is 0.214. The first-order valence-corrected chi connectivity index (χ1v) is 5.87. The number of pyridine rings is 1. The minimum Gasteiger partial charge on any atom is -0.260 e. The molecule has 0 amide bonds.